The summed E-state index contributed by atoms with van der Waals surface area (Å²) in [6.07, 6.45) is -12.6. The van der Waals surface area contributed by atoms with E-state index in [1.54, 1.807) is 0 Å². The van der Waals surface area contributed by atoms with Gasteiger partial charge in [-0.15, -0.1) is 11.8 Å². The average molecular weight is 749 g/mol. The van der Waals surface area contributed by atoms with Gasteiger partial charge in [-0.05, 0) is 59.8 Å². The van der Waals surface area contributed by atoms with E-state index in [0.29, 0.717) is 11.1 Å². The molecule has 5 aromatic rings. The molecule has 0 unspecified atom stereocenters. The molecule has 6 rings (SSSR count). The molecule has 2 heterocycles. The molecule has 1 fully saturated rings. The van der Waals surface area contributed by atoms with Crippen LogP contribution in [0.25, 0.3) is 22.0 Å². The third kappa shape index (κ3) is 8.74. The van der Waals surface area contributed by atoms with Crippen molar-refractivity contribution in [1.82, 2.24) is 14.4 Å². The SMILES string of the molecule is [2H]C([2H])(CN1C([2H])([2H])C([2H])([2H])C([2H])(N(Cc2ccc(-c3ccc(C(F)(F)F)cc3)cc2)C(=O)Cn2c(SC([2H])([2H])c3cccc(F)c3F)cc(=O)c3ccccc32)C([2H])([2H])C1([2H])[2H])OC. The fourth-order valence-electron chi connectivity index (χ4n) is 5.23. The zero-order chi connectivity index (χ0) is 48.5. The zero-order valence-electron chi connectivity index (χ0n) is 40.2. The number of benzene rings is 4. The molecule has 1 aromatic heterocycles. The first-order valence-corrected chi connectivity index (χ1v) is 16.3. The number of carbonyl (C=O) groups excluding carboxylic acids is 1. The summed E-state index contributed by atoms with van der Waals surface area (Å²) in [6, 6.07) is 14.7. The van der Waals surface area contributed by atoms with Crippen LogP contribution < -0.4 is 5.43 Å². The summed E-state index contributed by atoms with van der Waals surface area (Å²) in [7, 11) is 0.851. The lowest BCUT2D eigenvalue weighted by Crippen LogP contribution is -2.48. The van der Waals surface area contributed by atoms with Gasteiger partial charge in [0.2, 0.25) is 5.91 Å². The van der Waals surface area contributed by atoms with Crippen molar-refractivity contribution in [3.8, 4) is 11.1 Å². The molecule has 272 valence electrons. The monoisotopic (exact) mass is 748 g/mol. The summed E-state index contributed by atoms with van der Waals surface area (Å²) in [6.45, 7) is -14.0. The van der Waals surface area contributed by atoms with E-state index in [9.17, 15) is 29.2 Å². The first kappa shape index (κ1) is 23.9. The third-order valence-electron chi connectivity index (χ3n) is 7.89. The Balaban J connectivity index is 1.53. The van der Waals surface area contributed by atoms with E-state index in [1.165, 1.54) is 60.7 Å². The molecule has 0 aliphatic carbocycles. The Hall–Kier alpha value is -4.52. The molecular formula is C40H38F5N3O3S. The van der Waals surface area contributed by atoms with Gasteiger partial charge in [-0.3, -0.25) is 9.59 Å². The number of likely N-dealkylation sites (tertiary alicyclic amines) is 1. The molecule has 1 amide bonds. The van der Waals surface area contributed by atoms with Gasteiger partial charge in [-0.1, -0.05) is 60.7 Å². The van der Waals surface area contributed by atoms with Gasteiger partial charge in [0.25, 0.3) is 0 Å². The first-order chi connectivity index (χ1) is 29.9. The first-order valence-electron chi connectivity index (χ1n) is 22.0. The van der Waals surface area contributed by atoms with Crippen LogP contribution in [0.3, 0.4) is 0 Å². The second-order valence-corrected chi connectivity index (χ2v) is 12.1. The van der Waals surface area contributed by atoms with Gasteiger partial charge >= 0.3 is 6.18 Å². The number of halogens is 5. The number of hydrogen-bond acceptors (Lipinski definition) is 5. The summed E-state index contributed by atoms with van der Waals surface area (Å²) in [5, 5.41) is -0.462. The number of hydrogen-bond donors (Lipinski definition) is 0. The molecule has 1 saturated heterocycles. The van der Waals surface area contributed by atoms with Crippen LogP contribution in [0.1, 0.15) is 47.3 Å². The molecule has 12 heteroatoms. The number of pyridine rings is 1. The van der Waals surface area contributed by atoms with Gasteiger partial charge in [-0.25, -0.2) is 8.78 Å². The number of nitrogens with zero attached hydrogens (tertiary/aromatic N) is 3. The van der Waals surface area contributed by atoms with Crippen LogP contribution in [0.4, 0.5) is 22.0 Å². The summed E-state index contributed by atoms with van der Waals surface area (Å²) in [5.41, 5.74) is -4.74. The molecule has 0 spiro atoms. The summed E-state index contributed by atoms with van der Waals surface area (Å²) in [5.74, 6) is -4.38. The highest BCUT2D eigenvalue weighted by molar-refractivity contribution is 7.98. The Morgan fingerprint density at radius 3 is 2.33 bits per heavy atom. The van der Waals surface area contributed by atoms with Gasteiger partial charge in [0, 0.05) is 75.6 Å². The molecule has 1 aliphatic heterocycles. The Bertz CT molecular complexity index is 2640. The second-order valence-electron chi connectivity index (χ2n) is 11.3. The van der Waals surface area contributed by atoms with Gasteiger partial charge in [0.1, 0.15) is 6.54 Å². The topological polar surface area (TPSA) is 54.8 Å². The van der Waals surface area contributed by atoms with Crippen LogP contribution in [0.2, 0.25) is 0 Å². The Morgan fingerprint density at radius 2 is 1.65 bits per heavy atom. The minimum atomic E-state index is -4.62. The molecule has 1 aliphatic rings. The molecule has 4 aromatic carbocycles. The van der Waals surface area contributed by atoms with Crippen molar-refractivity contribution in [2.45, 2.75) is 48.8 Å². The van der Waals surface area contributed by atoms with E-state index < -0.39 is 109 Å². The van der Waals surface area contributed by atoms with Crippen LogP contribution in [-0.2, 0) is 34.5 Å². The van der Waals surface area contributed by atoms with Crippen LogP contribution >= 0.6 is 11.8 Å². The molecule has 6 nitrogen and oxygen atoms in total. The molecule has 0 atom stereocenters. The lowest BCUT2D eigenvalue weighted by Gasteiger charge is -2.39. The van der Waals surface area contributed by atoms with Crippen LogP contribution in [0, 0.1) is 11.6 Å². The van der Waals surface area contributed by atoms with E-state index in [2.05, 4.69) is 0 Å². The third-order valence-corrected chi connectivity index (χ3v) is 8.76. The van der Waals surface area contributed by atoms with Crippen LogP contribution in [-0.4, -0.2) is 59.5 Å². The summed E-state index contributed by atoms with van der Waals surface area (Å²) in [4.78, 5) is 28.7. The molecule has 0 radical (unpaired) electrons. The van der Waals surface area contributed by atoms with E-state index >= 15 is 9.18 Å². The molecule has 0 saturated carbocycles. The highest BCUT2D eigenvalue weighted by Gasteiger charge is 2.31. The molecule has 0 bridgehead atoms. The number of rotatable bonds is 12. The summed E-state index contributed by atoms with van der Waals surface area (Å²) >= 11 is 0.166. The highest BCUT2D eigenvalue weighted by Crippen LogP contribution is 2.32. The van der Waals surface area contributed by atoms with Gasteiger partial charge in [0.15, 0.2) is 17.1 Å². The van der Waals surface area contributed by atoms with Crippen molar-refractivity contribution in [2.75, 3.05) is 33.2 Å². The number of para-hydroxylation sites is 1. The average Bonchev–Trinajstić information content (AvgIpc) is 3.23. The number of methoxy groups -OCH3 is 1. The van der Waals surface area contributed by atoms with Crippen molar-refractivity contribution >= 4 is 28.6 Å². The van der Waals surface area contributed by atoms with Crippen LogP contribution in [0.5, 0.6) is 0 Å². The number of piperidine rings is 1. The maximum atomic E-state index is 15.1. The Kier molecular flexibility index (Phi) is 7.56. The molecular weight excluding hydrogens is 698 g/mol. The van der Waals surface area contributed by atoms with Gasteiger partial charge in [0.05, 0.1) is 26.8 Å². The highest BCUT2D eigenvalue weighted by atomic mass is 32.2. The van der Waals surface area contributed by atoms with E-state index in [0.717, 1.165) is 48.1 Å². The minimum Gasteiger partial charge on any atom is -0.383 e. The second kappa shape index (κ2) is 16.4. The Morgan fingerprint density at radius 1 is 0.981 bits per heavy atom. The van der Waals surface area contributed by atoms with E-state index in [-0.39, 0.29) is 38.0 Å². The number of ether oxygens (including phenoxy) is 1. The molecule has 52 heavy (non-hydrogen) atoms. The normalized spacial score (nSPS) is 22.9. The van der Waals surface area contributed by atoms with Crippen molar-refractivity contribution in [2.24, 2.45) is 0 Å². The number of aromatic nitrogens is 1. The fraction of sp³-hybridized carbons (Fsp3) is 0.300. The standard InChI is InChI=1S/C40H38F5N3O3S/c1-51-22-21-46-19-17-32(18-20-46)47(24-27-9-11-28(12-10-27)29-13-15-31(16-14-29)40(43,44)45)37(50)25-48-35-8-3-2-6-33(35)36(49)23-38(48)52-26-30-5-4-7-34(41)39(30)42/h2-16,23,32H,17-22,24-26H2,1H3/i17D2,18D2,19D2,20D2,22D2,26D2,32D. The smallest absolute Gasteiger partial charge is 0.383 e. The van der Waals surface area contributed by atoms with Gasteiger partial charge in [-0.2, -0.15) is 13.2 Å². The fourth-order valence-corrected chi connectivity index (χ4v) is 6.05. The quantitative estimate of drug-likeness (QED) is 0.0949. The number of thioether (sulfide) groups is 1. The predicted octanol–water partition coefficient (Wildman–Crippen LogP) is 8.40. The maximum Gasteiger partial charge on any atom is 0.416 e. The zero-order valence-corrected chi connectivity index (χ0v) is 28.0. The van der Waals surface area contributed by atoms with E-state index in [4.69, 9.17) is 15.7 Å². The van der Waals surface area contributed by atoms with E-state index in [1.807, 2.05) is 0 Å². The van der Waals surface area contributed by atoms with Crippen molar-refractivity contribution in [3.05, 3.63) is 136 Å². The number of amides is 1. The Labute approximate surface area is 321 Å². The number of carbonyl (C=O) groups is 1. The minimum absolute atomic E-state index is 0.0104. The number of fused-ring (bicyclic) bond motifs is 1. The van der Waals surface area contributed by atoms with Crippen molar-refractivity contribution < 1.29 is 49.3 Å². The molecule has 0 N–H and O–H groups in total. The lowest BCUT2D eigenvalue weighted by molar-refractivity contribution is -0.137. The lowest BCUT2D eigenvalue weighted by atomic mass is 10.00. The summed E-state index contributed by atoms with van der Waals surface area (Å²) < 4.78 is 191. The maximum absolute atomic E-state index is 15.1. The predicted molar refractivity (Wildman–Crippen MR) is 193 cm³/mol. The van der Waals surface area contributed by atoms with Crippen molar-refractivity contribution in [3.63, 3.8) is 0 Å². The number of alkyl halides is 3. The van der Waals surface area contributed by atoms with Crippen molar-refractivity contribution in [1.29, 1.82) is 0 Å². The van der Waals surface area contributed by atoms with Gasteiger partial charge < -0.3 is 19.1 Å². The van der Waals surface area contributed by atoms with Crippen LogP contribution in [0.15, 0.2) is 107 Å². The largest absolute Gasteiger partial charge is 0.416 e.